The monoisotopic (exact) mass is 291 g/mol. The van der Waals surface area contributed by atoms with Crippen LogP contribution >= 0.6 is 15.9 Å². The van der Waals surface area contributed by atoms with Crippen molar-refractivity contribution in [3.05, 3.63) is 34.1 Å². The predicted molar refractivity (Wildman–Crippen MR) is 63.6 cm³/mol. The van der Waals surface area contributed by atoms with Crippen LogP contribution in [0.25, 0.3) is 0 Å². The molecule has 1 atom stereocenters. The molecule has 0 aliphatic carbocycles. The van der Waals surface area contributed by atoms with Crippen molar-refractivity contribution in [1.82, 2.24) is 0 Å². The van der Waals surface area contributed by atoms with Crippen molar-refractivity contribution >= 4 is 15.9 Å². The molecule has 0 saturated carbocycles. The van der Waals surface area contributed by atoms with Gasteiger partial charge in [-0.15, -0.1) is 0 Å². The first-order chi connectivity index (χ1) is 7.58. The summed E-state index contributed by atoms with van der Waals surface area (Å²) >= 11 is 3.29. The van der Waals surface area contributed by atoms with E-state index in [1.54, 1.807) is 12.1 Å². The maximum Gasteiger partial charge on any atom is 0.172 e. The van der Waals surface area contributed by atoms with Crippen LogP contribution in [-0.2, 0) is 15.9 Å². The van der Waals surface area contributed by atoms with Crippen molar-refractivity contribution in [2.75, 3.05) is 14.2 Å². The quantitative estimate of drug-likeness (QED) is 0.845. The van der Waals surface area contributed by atoms with Crippen molar-refractivity contribution in [3.63, 3.8) is 0 Å². The Balaban J connectivity index is 2.75. The van der Waals surface area contributed by atoms with E-state index in [-0.39, 0.29) is 5.82 Å². The van der Waals surface area contributed by atoms with E-state index in [1.807, 2.05) is 0 Å². The van der Waals surface area contributed by atoms with Gasteiger partial charge in [-0.1, -0.05) is 15.9 Å². The van der Waals surface area contributed by atoms with Crippen LogP contribution in [0.1, 0.15) is 5.56 Å². The summed E-state index contributed by atoms with van der Waals surface area (Å²) in [5.41, 5.74) is 6.40. The summed E-state index contributed by atoms with van der Waals surface area (Å²) in [6, 6.07) is 4.35. The highest BCUT2D eigenvalue weighted by Gasteiger charge is 2.18. The average molecular weight is 292 g/mol. The highest BCUT2D eigenvalue weighted by molar-refractivity contribution is 9.10. The van der Waals surface area contributed by atoms with Crippen LogP contribution in [0.5, 0.6) is 0 Å². The lowest BCUT2D eigenvalue weighted by molar-refractivity contribution is -0.116. The molecule has 3 nitrogen and oxygen atoms in total. The number of methoxy groups -OCH3 is 2. The van der Waals surface area contributed by atoms with Crippen molar-refractivity contribution in [1.29, 1.82) is 0 Å². The van der Waals surface area contributed by atoms with Gasteiger partial charge < -0.3 is 15.2 Å². The van der Waals surface area contributed by atoms with Crippen LogP contribution in [0, 0.1) is 5.82 Å². The minimum atomic E-state index is -0.529. The van der Waals surface area contributed by atoms with Gasteiger partial charge in [-0.3, -0.25) is 0 Å². The fourth-order valence-electron chi connectivity index (χ4n) is 1.50. The Morgan fingerprint density at radius 3 is 2.56 bits per heavy atom. The molecule has 0 saturated heterocycles. The van der Waals surface area contributed by atoms with Crippen LogP contribution in [0.4, 0.5) is 4.39 Å². The van der Waals surface area contributed by atoms with Gasteiger partial charge >= 0.3 is 0 Å². The summed E-state index contributed by atoms with van der Waals surface area (Å²) < 4.78 is 24.3. The second-order valence-electron chi connectivity index (χ2n) is 3.44. The normalized spacial score (nSPS) is 13.1. The number of hydrogen-bond acceptors (Lipinski definition) is 3. The van der Waals surface area contributed by atoms with E-state index in [2.05, 4.69) is 15.9 Å². The van der Waals surface area contributed by atoms with Crippen LogP contribution in [-0.4, -0.2) is 26.6 Å². The molecule has 16 heavy (non-hydrogen) atoms. The predicted octanol–water partition coefficient (Wildman–Crippen LogP) is 2.08. The Kier molecular flexibility index (Phi) is 5.34. The molecular formula is C11H15BrFNO2. The molecule has 0 spiro atoms. The lowest BCUT2D eigenvalue weighted by Gasteiger charge is -2.21. The van der Waals surface area contributed by atoms with Gasteiger partial charge in [0.2, 0.25) is 0 Å². The van der Waals surface area contributed by atoms with Gasteiger partial charge in [-0.2, -0.15) is 0 Å². The molecule has 1 rings (SSSR count). The summed E-state index contributed by atoms with van der Waals surface area (Å²) in [4.78, 5) is 0. The topological polar surface area (TPSA) is 44.5 Å². The zero-order chi connectivity index (χ0) is 12.1. The first kappa shape index (κ1) is 13.6. The lowest BCUT2D eigenvalue weighted by Crippen LogP contribution is -2.39. The summed E-state index contributed by atoms with van der Waals surface area (Å²) in [7, 11) is 3.01. The number of halogens is 2. The van der Waals surface area contributed by atoms with Crippen LogP contribution < -0.4 is 5.73 Å². The molecule has 0 aromatic heterocycles. The number of benzene rings is 1. The van der Waals surface area contributed by atoms with E-state index in [4.69, 9.17) is 15.2 Å². The van der Waals surface area contributed by atoms with Crippen molar-refractivity contribution in [2.45, 2.75) is 18.8 Å². The van der Waals surface area contributed by atoms with Crippen molar-refractivity contribution in [2.24, 2.45) is 5.73 Å². The second-order valence-corrected chi connectivity index (χ2v) is 4.36. The Bertz CT molecular complexity index is 345. The third-order valence-corrected chi connectivity index (χ3v) is 2.77. The summed E-state index contributed by atoms with van der Waals surface area (Å²) in [5.74, 6) is -0.274. The molecular weight excluding hydrogens is 277 g/mol. The molecule has 5 heteroatoms. The Hall–Kier alpha value is -0.490. The fraction of sp³-hybridized carbons (Fsp3) is 0.455. The standard InChI is InChI=1S/C11H15BrFNO2/c1-15-11(16-2)10(14)6-7-5-8(12)3-4-9(7)13/h3-5,10-11H,6,14H2,1-2H3. The largest absolute Gasteiger partial charge is 0.354 e. The number of ether oxygens (including phenoxy) is 2. The molecule has 1 unspecified atom stereocenters. The van der Waals surface area contributed by atoms with E-state index >= 15 is 0 Å². The molecule has 0 bridgehead atoms. The van der Waals surface area contributed by atoms with E-state index in [9.17, 15) is 4.39 Å². The maximum atomic E-state index is 13.4. The molecule has 1 aromatic carbocycles. The Labute approximate surface area is 103 Å². The third-order valence-electron chi connectivity index (χ3n) is 2.28. The Morgan fingerprint density at radius 1 is 1.38 bits per heavy atom. The zero-order valence-electron chi connectivity index (χ0n) is 9.24. The molecule has 0 radical (unpaired) electrons. The molecule has 2 N–H and O–H groups in total. The van der Waals surface area contributed by atoms with Crippen LogP contribution in [0.2, 0.25) is 0 Å². The Morgan fingerprint density at radius 2 is 2.00 bits per heavy atom. The molecule has 0 fully saturated rings. The van der Waals surface area contributed by atoms with Gasteiger partial charge in [0.05, 0.1) is 6.04 Å². The molecule has 0 aliphatic rings. The average Bonchev–Trinajstić information content (AvgIpc) is 2.25. The SMILES string of the molecule is COC(OC)C(N)Cc1cc(Br)ccc1F. The summed E-state index contributed by atoms with van der Waals surface area (Å²) in [6.07, 6.45) is -0.171. The zero-order valence-corrected chi connectivity index (χ0v) is 10.8. The van der Waals surface area contributed by atoms with Crippen LogP contribution in [0.3, 0.4) is 0 Å². The fourth-order valence-corrected chi connectivity index (χ4v) is 1.90. The van der Waals surface area contributed by atoms with E-state index in [1.165, 1.54) is 20.3 Å². The molecule has 90 valence electrons. The highest BCUT2D eigenvalue weighted by Crippen LogP contribution is 2.17. The minimum Gasteiger partial charge on any atom is -0.354 e. The highest BCUT2D eigenvalue weighted by atomic mass is 79.9. The number of nitrogens with two attached hydrogens (primary N) is 1. The number of rotatable bonds is 5. The molecule has 0 amide bonds. The summed E-state index contributed by atoms with van der Waals surface area (Å²) in [6.45, 7) is 0. The van der Waals surface area contributed by atoms with E-state index in [0.29, 0.717) is 12.0 Å². The minimum absolute atomic E-state index is 0.274. The summed E-state index contributed by atoms with van der Waals surface area (Å²) in [5, 5.41) is 0. The molecule has 1 aromatic rings. The third kappa shape index (κ3) is 3.52. The first-order valence-corrected chi connectivity index (χ1v) is 5.63. The van der Waals surface area contributed by atoms with Gasteiger partial charge in [-0.25, -0.2) is 4.39 Å². The van der Waals surface area contributed by atoms with Crippen molar-refractivity contribution < 1.29 is 13.9 Å². The van der Waals surface area contributed by atoms with Crippen molar-refractivity contribution in [3.8, 4) is 0 Å². The number of hydrogen-bond donors (Lipinski definition) is 1. The maximum absolute atomic E-state index is 13.4. The van der Waals surface area contributed by atoms with E-state index in [0.717, 1.165) is 4.47 Å². The van der Waals surface area contributed by atoms with Gasteiger partial charge in [0.15, 0.2) is 6.29 Å². The molecule has 0 aliphatic heterocycles. The first-order valence-electron chi connectivity index (χ1n) is 4.83. The van der Waals surface area contributed by atoms with Gasteiger partial charge in [0.25, 0.3) is 0 Å². The van der Waals surface area contributed by atoms with Gasteiger partial charge in [0.1, 0.15) is 5.82 Å². The van der Waals surface area contributed by atoms with Gasteiger partial charge in [-0.05, 0) is 30.2 Å². The molecule has 0 heterocycles. The van der Waals surface area contributed by atoms with Gasteiger partial charge in [0, 0.05) is 18.7 Å². The second kappa shape index (κ2) is 6.30. The van der Waals surface area contributed by atoms with Crippen LogP contribution in [0.15, 0.2) is 22.7 Å². The lowest BCUT2D eigenvalue weighted by atomic mass is 10.1. The smallest absolute Gasteiger partial charge is 0.172 e. The van der Waals surface area contributed by atoms with E-state index < -0.39 is 12.3 Å².